The highest BCUT2D eigenvalue weighted by Gasteiger charge is 2.30. The van der Waals surface area contributed by atoms with Crippen molar-refractivity contribution in [3.63, 3.8) is 0 Å². The first kappa shape index (κ1) is 16.5. The molecular weight excluding hydrogens is 328 g/mol. The molecule has 2 heterocycles. The highest BCUT2D eigenvalue weighted by atomic mass is 35.5. The molecule has 1 aromatic heterocycles. The van der Waals surface area contributed by atoms with Gasteiger partial charge in [0.1, 0.15) is 5.69 Å². The number of likely N-dealkylation sites (tertiary alicyclic amines) is 1. The Kier molecular flexibility index (Phi) is 4.85. The second-order valence-corrected chi connectivity index (χ2v) is 6.47. The Hall–Kier alpha value is -2.34. The monoisotopic (exact) mass is 346 g/mol. The molecule has 6 nitrogen and oxygen atoms in total. The first-order valence-electron chi connectivity index (χ1n) is 7.86. The van der Waals surface area contributed by atoms with E-state index in [1.54, 1.807) is 11.0 Å². The Morgan fingerprint density at radius 1 is 1.46 bits per heavy atom. The van der Waals surface area contributed by atoms with Crippen LogP contribution in [0.5, 0.6) is 0 Å². The van der Waals surface area contributed by atoms with Crippen molar-refractivity contribution in [2.75, 3.05) is 13.1 Å². The van der Waals surface area contributed by atoms with Crippen molar-refractivity contribution in [2.24, 2.45) is 0 Å². The number of carbonyl (C=O) groups is 2. The van der Waals surface area contributed by atoms with Crippen LogP contribution in [-0.4, -0.2) is 46.0 Å². The zero-order valence-corrected chi connectivity index (χ0v) is 14.1. The normalized spacial score (nSPS) is 17.3. The highest BCUT2D eigenvalue weighted by molar-refractivity contribution is 6.30. The van der Waals surface area contributed by atoms with Crippen molar-refractivity contribution in [2.45, 2.75) is 25.8 Å². The molecule has 1 aliphatic heterocycles. The number of hydrogen-bond acceptors (Lipinski definition) is 3. The lowest BCUT2D eigenvalue weighted by molar-refractivity contribution is -0.127. The molecule has 2 amide bonds. The third kappa shape index (κ3) is 3.94. The number of aryl methyl sites for hydroxylation is 1. The number of aromatic nitrogens is 2. The molecule has 126 valence electrons. The van der Waals surface area contributed by atoms with Crippen LogP contribution in [0.3, 0.4) is 0 Å². The summed E-state index contributed by atoms with van der Waals surface area (Å²) in [6.07, 6.45) is 1.07. The molecule has 1 aliphatic rings. The van der Waals surface area contributed by atoms with Crippen LogP contribution < -0.4 is 5.32 Å². The van der Waals surface area contributed by atoms with Gasteiger partial charge in [0, 0.05) is 30.2 Å². The maximum Gasteiger partial charge on any atom is 0.272 e. The minimum Gasteiger partial charge on any atom is -0.346 e. The van der Waals surface area contributed by atoms with Crippen LogP contribution in [-0.2, 0) is 11.2 Å². The Labute approximate surface area is 145 Å². The summed E-state index contributed by atoms with van der Waals surface area (Å²) in [4.78, 5) is 26.0. The summed E-state index contributed by atoms with van der Waals surface area (Å²) in [6.45, 7) is 2.97. The molecule has 1 atom stereocenters. The van der Waals surface area contributed by atoms with Gasteiger partial charge < -0.3 is 10.2 Å². The number of aromatic amines is 1. The summed E-state index contributed by atoms with van der Waals surface area (Å²) >= 11 is 5.97. The van der Waals surface area contributed by atoms with Gasteiger partial charge in [-0.25, -0.2) is 0 Å². The summed E-state index contributed by atoms with van der Waals surface area (Å²) in [5.74, 6) is -0.200. The fourth-order valence-electron chi connectivity index (χ4n) is 2.84. The standard InChI is InChI=1S/C17H19ClN4O2/c1-11-7-15(21-20-11)17(24)19-14-9-16(23)22(10-14)6-5-12-3-2-4-13(18)8-12/h2-4,7-8,14H,5-6,9-10H2,1H3,(H,19,24)(H,20,21)/t14-/m0/s1. The average molecular weight is 347 g/mol. The minimum atomic E-state index is -0.256. The lowest BCUT2D eigenvalue weighted by atomic mass is 10.1. The van der Waals surface area contributed by atoms with E-state index in [0.29, 0.717) is 30.2 Å². The molecule has 0 bridgehead atoms. The molecule has 3 rings (SSSR count). The van der Waals surface area contributed by atoms with E-state index in [1.165, 1.54) is 0 Å². The van der Waals surface area contributed by atoms with E-state index in [9.17, 15) is 9.59 Å². The molecule has 0 saturated carbocycles. The minimum absolute atomic E-state index is 0.0561. The first-order chi connectivity index (χ1) is 11.5. The molecule has 1 fully saturated rings. The lowest BCUT2D eigenvalue weighted by Crippen LogP contribution is -2.37. The van der Waals surface area contributed by atoms with Gasteiger partial charge in [-0.3, -0.25) is 14.7 Å². The maximum atomic E-state index is 12.1. The van der Waals surface area contributed by atoms with Gasteiger partial charge in [0.15, 0.2) is 0 Å². The molecule has 24 heavy (non-hydrogen) atoms. The predicted molar refractivity (Wildman–Crippen MR) is 90.9 cm³/mol. The summed E-state index contributed by atoms with van der Waals surface area (Å²) < 4.78 is 0. The van der Waals surface area contributed by atoms with Gasteiger partial charge in [0.2, 0.25) is 5.91 Å². The molecular formula is C17H19ClN4O2. The van der Waals surface area contributed by atoms with Crippen molar-refractivity contribution in [1.29, 1.82) is 0 Å². The topological polar surface area (TPSA) is 78.1 Å². The summed E-state index contributed by atoms with van der Waals surface area (Å²) in [5.41, 5.74) is 2.26. The molecule has 0 radical (unpaired) electrons. The number of hydrogen-bond donors (Lipinski definition) is 2. The van der Waals surface area contributed by atoms with Crippen molar-refractivity contribution in [3.8, 4) is 0 Å². The number of benzene rings is 1. The molecule has 0 unspecified atom stereocenters. The second-order valence-electron chi connectivity index (χ2n) is 6.03. The predicted octanol–water partition coefficient (Wildman–Crippen LogP) is 1.94. The third-order valence-electron chi connectivity index (χ3n) is 4.05. The lowest BCUT2D eigenvalue weighted by Gasteiger charge is -2.17. The van der Waals surface area contributed by atoms with Crippen LogP contribution in [0.4, 0.5) is 0 Å². The van der Waals surface area contributed by atoms with E-state index in [-0.39, 0.29) is 17.9 Å². The summed E-state index contributed by atoms with van der Waals surface area (Å²) in [6, 6.07) is 9.13. The first-order valence-corrected chi connectivity index (χ1v) is 8.24. The van der Waals surface area contributed by atoms with Crippen molar-refractivity contribution in [3.05, 3.63) is 52.3 Å². The molecule has 2 aromatic rings. The van der Waals surface area contributed by atoms with Crippen LogP contribution in [0.15, 0.2) is 30.3 Å². The summed E-state index contributed by atoms with van der Waals surface area (Å²) in [5, 5.41) is 10.2. The fraction of sp³-hybridized carbons (Fsp3) is 0.353. The average Bonchev–Trinajstić information content (AvgIpc) is 3.11. The Morgan fingerprint density at radius 2 is 2.29 bits per heavy atom. The Bertz CT molecular complexity index is 759. The van der Waals surface area contributed by atoms with Crippen molar-refractivity contribution < 1.29 is 9.59 Å². The van der Waals surface area contributed by atoms with Gasteiger partial charge >= 0.3 is 0 Å². The highest BCUT2D eigenvalue weighted by Crippen LogP contribution is 2.15. The third-order valence-corrected chi connectivity index (χ3v) is 4.28. The molecule has 1 saturated heterocycles. The quantitative estimate of drug-likeness (QED) is 0.868. The van der Waals surface area contributed by atoms with Crippen LogP contribution in [0.2, 0.25) is 5.02 Å². The number of H-pyrrole nitrogens is 1. The SMILES string of the molecule is Cc1cc(C(=O)N[C@H]2CC(=O)N(CCc3cccc(Cl)c3)C2)n[nH]1. The smallest absolute Gasteiger partial charge is 0.272 e. The van der Waals surface area contributed by atoms with Gasteiger partial charge in [-0.05, 0) is 37.1 Å². The van der Waals surface area contributed by atoms with E-state index in [2.05, 4.69) is 15.5 Å². The maximum absolute atomic E-state index is 12.1. The Balaban J connectivity index is 1.53. The zero-order chi connectivity index (χ0) is 17.1. The van der Waals surface area contributed by atoms with Gasteiger partial charge in [0.05, 0.1) is 6.04 Å². The van der Waals surface area contributed by atoms with E-state index in [4.69, 9.17) is 11.6 Å². The molecule has 1 aromatic carbocycles. The number of halogens is 1. The number of nitrogens with one attached hydrogen (secondary N) is 2. The van der Waals surface area contributed by atoms with Crippen molar-refractivity contribution in [1.82, 2.24) is 20.4 Å². The van der Waals surface area contributed by atoms with E-state index >= 15 is 0 Å². The number of amides is 2. The van der Waals surface area contributed by atoms with Gasteiger partial charge in [-0.1, -0.05) is 23.7 Å². The van der Waals surface area contributed by atoms with Crippen LogP contribution in [0.1, 0.15) is 28.2 Å². The van der Waals surface area contributed by atoms with Crippen LogP contribution in [0.25, 0.3) is 0 Å². The van der Waals surface area contributed by atoms with Gasteiger partial charge in [-0.15, -0.1) is 0 Å². The van der Waals surface area contributed by atoms with Gasteiger partial charge in [0.25, 0.3) is 5.91 Å². The molecule has 0 aliphatic carbocycles. The van der Waals surface area contributed by atoms with Crippen LogP contribution in [0, 0.1) is 6.92 Å². The molecule has 2 N–H and O–H groups in total. The number of nitrogens with zero attached hydrogens (tertiary/aromatic N) is 2. The van der Waals surface area contributed by atoms with E-state index < -0.39 is 0 Å². The summed E-state index contributed by atoms with van der Waals surface area (Å²) in [7, 11) is 0. The Morgan fingerprint density at radius 3 is 3.00 bits per heavy atom. The second kappa shape index (κ2) is 7.05. The van der Waals surface area contributed by atoms with Crippen molar-refractivity contribution >= 4 is 23.4 Å². The van der Waals surface area contributed by atoms with E-state index in [1.807, 2.05) is 31.2 Å². The van der Waals surface area contributed by atoms with Crippen LogP contribution >= 0.6 is 11.6 Å². The number of rotatable bonds is 5. The van der Waals surface area contributed by atoms with E-state index in [0.717, 1.165) is 17.7 Å². The molecule has 7 heteroatoms. The largest absolute Gasteiger partial charge is 0.346 e. The number of carbonyl (C=O) groups excluding carboxylic acids is 2. The fourth-order valence-corrected chi connectivity index (χ4v) is 3.05. The zero-order valence-electron chi connectivity index (χ0n) is 13.4. The van der Waals surface area contributed by atoms with Gasteiger partial charge in [-0.2, -0.15) is 5.10 Å². The molecule has 0 spiro atoms.